The van der Waals surface area contributed by atoms with Gasteiger partial charge in [0.25, 0.3) is 0 Å². The van der Waals surface area contributed by atoms with Crippen molar-refractivity contribution in [2.45, 2.75) is 38.1 Å². The molecule has 1 atom stereocenters. The lowest BCUT2D eigenvalue weighted by molar-refractivity contribution is -0.142. The highest BCUT2D eigenvalue weighted by Crippen LogP contribution is 2.27. The minimum absolute atomic E-state index is 0.105. The number of hydrogen-bond acceptors (Lipinski definition) is 4. The summed E-state index contributed by atoms with van der Waals surface area (Å²) in [6.45, 7) is 5.13. The van der Waals surface area contributed by atoms with E-state index in [0.29, 0.717) is 13.1 Å². The minimum atomic E-state index is -0.502. The summed E-state index contributed by atoms with van der Waals surface area (Å²) in [6.07, 6.45) is 0.652. The van der Waals surface area contributed by atoms with Crippen molar-refractivity contribution in [3.63, 3.8) is 0 Å². The Morgan fingerprint density at radius 3 is 2.22 bits per heavy atom. The Labute approximate surface area is 194 Å². The second-order valence-corrected chi connectivity index (χ2v) is 9.43. The molecule has 1 fully saturated rings. The normalized spacial score (nSPS) is 16.4. The molecule has 2 aromatic rings. The van der Waals surface area contributed by atoms with E-state index in [-0.39, 0.29) is 41.7 Å². The highest BCUT2D eigenvalue weighted by atomic mass is 32.2. The van der Waals surface area contributed by atoms with Crippen LogP contribution < -0.4 is 10.6 Å². The fourth-order valence-corrected chi connectivity index (χ4v) is 4.83. The largest absolute Gasteiger partial charge is 0.355 e. The summed E-state index contributed by atoms with van der Waals surface area (Å²) in [6, 6.07) is 20.6. The lowest BCUT2D eigenvalue weighted by Crippen LogP contribution is -2.56. The third-order valence-electron chi connectivity index (χ3n) is 5.29. The first-order valence-electron chi connectivity index (χ1n) is 11.0. The van der Waals surface area contributed by atoms with Crippen LogP contribution in [-0.4, -0.2) is 47.0 Å². The molecule has 1 aliphatic rings. The maximum atomic E-state index is 12.5. The third-order valence-corrected chi connectivity index (χ3v) is 6.41. The standard InChI is InChI=1S/C25H31N3O3S/c1-18(2)16-28-24(31)15-22(29)27-25(28)32-17-23(30)26-14-13-21(19-9-5-3-6-10-19)20-11-7-4-8-12-20/h3-12,18,21,25H,13-17H2,1-2H3,(H,26,30)(H,27,29). The van der Waals surface area contributed by atoms with E-state index >= 15 is 0 Å². The molecular weight excluding hydrogens is 422 g/mol. The van der Waals surface area contributed by atoms with E-state index < -0.39 is 5.50 Å². The van der Waals surface area contributed by atoms with Gasteiger partial charge in [-0.25, -0.2) is 0 Å². The van der Waals surface area contributed by atoms with Gasteiger partial charge in [0.05, 0.1) is 5.75 Å². The monoisotopic (exact) mass is 453 g/mol. The molecule has 3 amide bonds. The molecule has 6 nitrogen and oxygen atoms in total. The Kier molecular flexibility index (Phi) is 8.73. The number of rotatable bonds is 10. The predicted molar refractivity (Wildman–Crippen MR) is 128 cm³/mol. The first-order chi connectivity index (χ1) is 15.4. The molecule has 3 rings (SSSR count). The molecule has 1 heterocycles. The molecule has 0 spiro atoms. The summed E-state index contributed by atoms with van der Waals surface area (Å²) in [5.41, 5.74) is 1.93. The molecule has 1 unspecified atom stereocenters. The molecule has 7 heteroatoms. The topological polar surface area (TPSA) is 78.5 Å². The van der Waals surface area contributed by atoms with Gasteiger partial charge >= 0.3 is 0 Å². The summed E-state index contributed by atoms with van der Waals surface area (Å²) in [4.78, 5) is 38.2. The Bertz CT molecular complexity index is 866. The van der Waals surface area contributed by atoms with Crippen molar-refractivity contribution in [1.29, 1.82) is 0 Å². The van der Waals surface area contributed by atoms with Gasteiger partial charge in [0.1, 0.15) is 6.42 Å². The van der Waals surface area contributed by atoms with Crippen molar-refractivity contribution in [2.75, 3.05) is 18.8 Å². The van der Waals surface area contributed by atoms with Crippen molar-refractivity contribution < 1.29 is 14.4 Å². The smallest absolute Gasteiger partial charge is 0.234 e. The lowest BCUT2D eigenvalue weighted by Gasteiger charge is -2.36. The first-order valence-corrected chi connectivity index (χ1v) is 12.1. The van der Waals surface area contributed by atoms with Crippen LogP contribution in [0.1, 0.15) is 43.7 Å². The molecule has 2 N–H and O–H groups in total. The van der Waals surface area contributed by atoms with E-state index in [1.165, 1.54) is 22.9 Å². The molecule has 32 heavy (non-hydrogen) atoms. The molecule has 170 valence electrons. The molecule has 0 aliphatic carbocycles. The van der Waals surface area contributed by atoms with E-state index in [1.54, 1.807) is 4.90 Å². The van der Waals surface area contributed by atoms with Gasteiger partial charge in [0, 0.05) is 19.0 Å². The molecule has 0 radical (unpaired) electrons. The van der Waals surface area contributed by atoms with E-state index in [4.69, 9.17) is 0 Å². The van der Waals surface area contributed by atoms with E-state index in [9.17, 15) is 14.4 Å². The Balaban J connectivity index is 1.53. The number of benzene rings is 2. The minimum Gasteiger partial charge on any atom is -0.355 e. The fraction of sp³-hybridized carbons (Fsp3) is 0.400. The van der Waals surface area contributed by atoms with E-state index in [2.05, 4.69) is 34.9 Å². The van der Waals surface area contributed by atoms with Gasteiger partial charge in [-0.05, 0) is 23.5 Å². The number of thioether (sulfide) groups is 1. The predicted octanol–water partition coefficient (Wildman–Crippen LogP) is 3.35. The Morgan fingerprint density at radius 1 is 1.06 bits per heavy atom. The average Bonchev–Trinajstić information content (AvgIpc) is 2.78. The highest BCUT2D eigenvalue weighted by molar-refractivity contribution is 8.00. The number of hydrogen-bond donors (Lipinski definition) is 2. The SMILES string of the molecule is CC(C)CN1C(=O)CC(=O)NC1SCC(=O)NCCC(c1ccccc1)c1ccccc1. The highest BCUT2D eigenvalue weighted by Gasteiger charge is 2.33. The second kappa shape index (κ2) is 11.7. The van der Waals surface area contributed by atoms with Crippen LogP contribution in [-0.2, 0) is 14.4 Å². The first kappa shape index (κ1) is 23.9. The average molecular weight is 454 g/mol. The lowest BCUT2D eigenvalue weighted by atomic mass is 9.88. The summed E-state index contributed by atoms with van der Waals surface area (Å²) < 4.78 is 0. The van der Waals surface area contributed by atoms with Crippen molar-refractivity contribution in [3.8, 4) is 0 Å². The quantitative estimate of drug-likeness (QED) is 0.541. The summed E-state index contributed by atoms with van der Waals surface area (Å²) in [7, 11) is 0. The zero-order valence-corrected chi connectivity index (χ0v) is 19.4. The maximum absolute atomic E-state index is 12.5. The number of carbonyl (C=O) groups excluding carboxylic acids is 3. The molecule has 0 saturated carbocycles. The van der Waals surface area contributed by atoms with Crippen LogP contribution in [0.2, 0.25) is 0 Å². The Morgan fingerprint density at radius 2 is 1.66 bits per heavy atom. The molecule has 0 bridgehead atoms. The summed E-state index contributed by atoms with van der Waals surface area (Å²) in [5, 5.41) is 5.82. The second-order valence-electron chi connectivity index (χ2n) is 8.36. The van der Waals surface area contributed by atoms with Crippen molar-refractivity contribution >= 4 is 29.5 Å². The summed E-state index contributed by atoms with van der Waals surface area (Å²) >= 11 is 1.28. The Hall–Kier alpha value is -2.80. The van der Waals surface area contributed by atoms with Crippen molar-refractivity contribution in [3.05, 3.63) is 71.8 Å². The molecule has 0 aromatic heterocycles. The van der Waals surface area contributed by atoms with Crippen LogP contribution in [0.4, 0.5) is 0 Å². The number of nitrogens with one attached hydrogen (secondary N) is 2. The van der Waals surface area contributed by atoms with Crippen LogP contribution in [0.3, 0.4) is 0 Å². The fourth-order valence-electron chi connectivity index (χ4n) is 3.82. The van der Waals surface area contributed by atoms with Gasteiger partial charge in [-0.15, -0.1) is 11.8 Å². The number of amides is 3. The molecule has 2 aromatic carbocycles. The van der Waals surface area contributed by atoms with Gasteiger partial charge in [-0.1, -0.05) is 74.5 Å². The van der Waals surface area contributed by atoms with E-state index in [0.717, 1.165) is 6.42 Å². The van der Waals surface area contributed by atoms with Crippen LogP contribution in [0, 0.1) is 5.92 Å². The van der Waals surface area contributed by atoms with Gasteiger partial charge in [0.15, 0.2) is 5.50 Å². The van der Waals surface area contributed by atoms with Gasteiger partial charge in [0.2, 0.25) is 17.7 Å². The van der Waals surface area contributed by atoms with Gasteiger partial charge in [-0.3, -0.25) is 14.4 Å². The third kappa shape index (κ3) is 6.85. The van der Waals surface area contributed by atoms with Crippen molar-refractivity contribution in [1.82, 2.24) is 15.5 Å². The number of nitrogens with zero attached hydrogens (tertiary/aromatic N) is 1. The van der Waals surface area contributed by atoms with Crippen LogP contribution in [0.5, 0.6) is 0 Å². The van der Waals surface area contributed by atoms with Crippen LogP contribution in [0.25, 0.3) is 0 Å². The molecule has 1 aliphatic heterocycles. The molecule has 1 saturated heterocycles. The van der Waals surface area contributed by atoms with E-state index in [1.807, 2.05) is 50.2 Å². The summed E-state index contributed by atoms with van der Waals surface area (Å²) in [5.74, 6) is 0.0664. The molecular formula is C25H31N3O3S. The maximum Gasteiger partial charge on any atom is 0.234 e. The van der Waals surface area contributed by atoms with Crippen molar-refractivity contribution in [2.24, 2.45) is 5.92 Å². The zero-order valence-electron chi connectivity index (χ0n) is 18.6. The van der Waals surface area contributed by atoms with Gasteiger partial charge < -0.3 is 15.5 Å². The van der Waals surface area contributed by atoms with Gasteiger partial charge in [-0.2, -0.15) is 0 Å². The number of carbonyl (C=O) groups is 3. The van der Waals surface area contributed by atoms with Crippen LogP contribution in [0.15, 0.2) is 60.7 Å². The zero-order chi connectivity index (χ0) is 22.9. The van der Waals surface area contributed by atoms with Crippen LogP contribution >= 0.6 is 11.8 Å².